The lowest BCUT2D eigenvalue weighted by atomic mass is 9.97. The zero-order chi connectivity index (χ0) is 15.4. The van der Waals surface area contributed by atoms with Crippen molar-refractivity contribution in [1.29, 1.82) is 0 Å². The van der Waals surface area contributed by atoms with Crippen LogP contribution in [-0.2, 0) is 4.79 Å². The van der Waals surface area contributed by atoms with Crippen LogP contribution in [0.1, 0.15) is 41.8 Å². The van der Waals surface area contributed by atoms with Crippen molar-refractivity contribution in [2.24, 2.45) is 5.92 Å². The van der Waals surface area contributed by atoms with Crippen LogP contribution in [0.4, 0.5) is 0 Å². The maximum atomic E-state index is 12.5. The third-order valence-electron chi connectivity index (χ3n) is 3.64. The summed E-state index contributed by atoms with van der Waals surface area (Å²) < 4.78 is 0. The molecular weight excluding hydrogens is 254 g/mol. The topological polar surface area (TPSA) is 57.6 Å². The van der Waals surface area contributed by atoms with Crippen LogP contribution in [0.2, 0.25) is 0 Å². The molecule has 1 unspecified atom stereocenters. The summed E-state index contributed by atoms with van der Waals surface area (Å²) >= 11 is 0. The molecule has 0 aromatic heterocycles. The Morgan fingerprint density at radius 1 is 1.20 bits per heavy atom. The molecule has 4 heteroatoms. The van der Waals surface area contributed by atoms with Crippen LogP contribution >= 0.6 is 0 Å². The molecule has 1 aromatic rings. The van der Waals surface area contributed by atoms with E-state index in [0.29, 0.717) is 12.0 Å². The molecule has 0 bridgehead atoms. The molecule has 2 atom stereocenters. The molecular formula is C16H23NO3. The van der Waals surface area contributed by atoms with Gasteiger partial charge in [-0.05, 0) is 31.9 Å². The van der Waals surface area contributed by atoms with Gasteiger partial charge >= 0.3 is 5.97 Å². The highest BCUT2D eigenvalue weighted by Crippen LogP contribution is 2.18. The van der Waals surface area contributed by atoms with Gasteiger partial charge in [0.15, 0.2) is 0 Å². The number of hydrogen-bond donors (Lipinski definition) is 1. The number of carbonyl (C=O) groups excluding carboxylic acids is 1. The van der Waals surface area contributed by atoms with E-state index < -0.39 is 12.0 Å². The number of carboxylic acid groups (broad SMARTS) is 1. The molecule has 0 radical (unpaired) electrons. The molecule has 0 fully saturated rings. The van der Waals surface area contributed by atoms with E-state index in [1.165, 1.54) is 4.90 Å². The van der Waals surface area contributed by atoms with Gasteiger partial charge in [-0.3, -0.25) is 4.79 Å². The molecule has 1 aromatic carbocycles. The highest BCUT2D eigenvalue weighted by Gasteiger charge is 2.31. The number of benzene rings is 1. The van der Waals surface area contributed by atoms with Crippen molar-refractivity contribution in [1.82, 2.24) is 4.90 Å². The third kappa shape index (κ3) is 3.59. The predicted molar refractivity (Wildman–Crippen MR) is 78.9 cm³/mol. The van der Waals surface area contributed by atoms with Gasteiger partial charge < -0.3 is 10.0 Å². The first-order valence-corrected chi connectivity index (χ1v) is 6.86. The van der Waals surface area contributed by atoms with Gasteiger partial charge in [0.25, 0.3) is 5.91 Å². The summed E-state index contributed by atoms with van der Waals surface area (Å²) in [6.45, 7) is 7.63. The second kappa shape index (κ2) is 6.55. The lowest BCUT2D eigenvalue weighted by Crippen LogP contribution is -2.46. The van der Waals surface area contributed by atoms with Crippen molar-refractivity contribution in [2.45, 2.75) is 40.2 Å². The van der Waals surface area contributed by atoms with Crippen LogP contribution < -0.4 is 0 Å². The van der Waals surface area contributed by atoms with E-state index in [9.17, 15) is 14.7 Å². The summed E-state index contributed by atoms with van der Waals surface area (Å²) in [4.78, 5) is 25.2. The first-order chi connectivity index (χ1) is 9.27. The van der Waals surface area contributed by atoms with Gasteiger partial charge in [0.05, 0.1) is 0 Å². The van der Waals surface area contributed by atoms with Crippen molar-refractivity contribution >= 4 is 11.9 Å². The van der Waals surface area contributed by atoms with Gasteiger partial charge in [-0.25, -0.2) is 4.79 Å². The van der Waals surface area contributed by atoms with E-state index in [0.717, 1.165) is 11.1 Å². The van der Waals surface area contributed by atoms with Gasteiger partial charge in [0.2, 0.25) is 0 Å². The first kappa shape index (κ1) is 16.2. The number of rotatable bonds is 5. The SMILES string of the molecule is CCC(C)[C@@H](C(=O)O)N(C)C(=O)c1cc(C)cc(C)c1. The molecule has 0 spiro atoms. The van der Waals surface area contributed by atoms with Gasteiger partial charge in [-0.2, -0.15) is 0 Å². The van der Waals surface area contributed by atoms with Crippen molar-refractivity contribution in [3.05, 3.63) is 34.9 Å². The Labute approximate surface area is 120 Å². The fraction of sp³-hybridized carbons (Fsp3) is 0.500. The van der Waals surface area contributed by atoms with Crippen LogP contribution in [0.25, 0.3) is 0 Å². The molecule has 1 rings (SSSR count). The van der Waals surface area contributed by atoms with E-state index in [4.69, 9.17) is 0 Å². The van der Waals surface area contributed by atoms with Gasteiger partial charge in [0.1, 0.15) is 6.04 Å². The van der Waals surface area contributed by atoms with Crippen molar-refractivity contribution < 1.29 is 14.7 Å². The molecule has 0 aliphatic heterocycles. The highest BCUT2D eigenvalue weighted by molar-refractivity contribution is 5.96. The minimum Gasteiger partial charge on any atom is -0.480 e. The zero-order valence-corrected chi connectivity index (χ0v) is 12.8. The molecule has 0 saturated heterocycles. The Morgan fingerprint density at radius 2 is 1.70 bits per heavy atom. The predicted octanol–water partition coefficient (Wildman–Crippen LogP) is 2.87. The summed E-state index contributed by atoms with van der Waals surface area (Å²) in [5.74, 6) is -1.29. The summed E-state index contributed by atoms with van der Waals surface area (Å²) in [5, 5.41) is 9.36. The number of aryl methyl sites for hydroxylation is 2. The van der Waals surface area contributed by atoms with Gasteiger partial charge in [0, 0.05) is 12.6 Å². The average Bonchev–Trinajstić information content (AvgIpc) is 2.35. The van der Waals surface area contributed by atoms with Crippen LogP contribution in [0.15, 0.2) is 18.2 Å². The molecule has 0 aliphatic carbocycles. The normalized spacial score (nSPS) is 13.7. The van der Waals surface area contributed by atoms with E-state index in [2.05, 4.69) is 0 Å². The number of hydrogen-bond acceptors (Lipinski definition) is 2. The Bertz CT molecular complexity index is 490. The summed E-state index contributed by atoms with van der Waals surface area (Å²) in [5.41, 5.74) is 2.54. The molecule has 110 valence electrons. The van der Waals surface area contributed by atoms with Gasteiger partial charge in [-0.1, -0.05) is 37.5 Å². The largest absolute Gasteiger partial charge is 0.480 e. The Hall–Kier alpha value is -1.84. The van der Waals surface area contributed by atoms with Crippen LogP contribution in [-0.4, -0.2) is 35.0 Å². The first-order valence-electron chi connectivity index (χ1n) is 6.86. The Kier molecular flexibility index (Phi) is 5.31. The third-order valence-corrected chi connectivity index (χ3v) is 3.64. The number of amides is 1. The molecule has 4 nitrogen and oxygen atoms in total. The highest BCUT2D eigenvalue weighted by atomic mass is 16.4. The van der Waals surface area contributed by atoms with E-state index in [1.54, 1.807) is 19.2 Å². The minimum absolute atomic E-state index is 0.0904. The van der Waals surface area contributed by atoms with Crippen molar-refractivity contribution in [3.8, 4) is 0 Å². The van der Waals surface area contributed by atoms with Crippen LogP contribution in [0.3, 0.4) is 0 Å². The molecule has 1 N–H and O–H groups in total. The van der Waals surface area contributed by atoms with Crippen LogP contribution in [0, 0.1) is 19.8 Å². The second-order valence-corrected chi connectivity index (χ2v) is 5.46. The molecule has 0 saturated carbocycles. The van der Waals surface area contributed by atoms with Crippen molar-refractivity contribution in [2.75, 3.05) is 7.05 Å². The number of carboxylic acids is 1. The average molecular weight is 277 g/mol. The standard InChI is InChI=1S/C16H23NO3/c1-6-12(4)14(16(19)20)17(5)15(18)13-8-10(2)7-11(3)9-13/h7-9,12,14H,6H2,1-5H3,(H,19,20)/t12?,14-/m0/s1. The summed E-state index contributed by atoms with van der Waals surface area (Å²) in [7, 11) is 1.56. The number of aliphatic carboxylic acids is 1. The van der Waals surface area contributed by atoms with Crippen molar-refractivity contribution in [3.63, 3.8) is 0 Å². The molecule has 1 amide bonds. The fourth-order valence-corrected chi connectivity index (χ4v) is 2.44. The lowest BCUT2D eigenvalue weighted by molar-refractivity contribution is -0.143. The smallest absolute Gasteiger partial charge is 0.326 e. The molecule has 0 aliphatic rings. The van der Waals surface area contributed by atoms with Crippen LogP contribution in [0.5, 0.6) is 0 Å². The minimum atomic E-state index is -0.959. The summed E-state index contributed by atoms with van der Waals surface area (Å²) in [6.07, 6.45) is 0.710. The molecule has 0 heterocycles. The Balaban J connectivity index is 3.08. The number of likely N-dealkylation sites (N-methyl/N-ethyl adjacent to an activating group) is 1. The van der Waals surface area contributed by atoms with E-state index in [1.807, 2.05) is 33.8 Å². The van der Waals surface area contributed by atoms with E-state index >= 15 is 0 Å². The second-order valence-electron chi connectivity index (χ2n) is 5.46. The lowest BCUT2D eigenvalue weighted by Gasteiger charge is -2.29. The maximum Gasteiger partial charge on any atom is 0.326 e. The summed E-state index contributed by atoms with van der Waals surface area (Å²) in [6, 6.07) is 4.77. The maximum absolute atomic E-state index is 12.5. The van der Waals surface area contributed by atoms with Gasteiger partial charge in [-0.15, -0.1) is 0 Å². The quantitative estimate of drug-likeness (QED) is 0.900. The molecule has 20 heavy (non-hydrogen) atoms. The van der Waals surface area contributed by atoms with E-state index in [-0.39, 0.29) is 11.8 Å². The zero-order valence-electron chi connectivity index (χ0n) is 12.8. The fourth-order valence-electron chi connectivity index (χ4n) is 2.44. The number of carbonyl (C=O) groups is 2. The number of nitrogens with zero attached hydrogens (tertiary/aromatic N) is 1. The Morgan fingerprint density at radius 3 is 2.10 bits per heavy atom. The monoisotopic (exact) mass is 277 g/mol.